The van der Waals surface area contributed by atoms with Crippen LogP contribution in [0.15, 0.2) is 29.7 Å². The molecular weight excluding hydrogens is 321 g/mol. The molecule has 0 saturated carbocycles. The second kappa shape index (κ2) is 7.02. The van der Waals surface area contributed by atoms with E-state index < -0.39 is 24.3 Å². The van der Waals surface area contributed by atoms with E-state index >= 15 is 0 Å². The Kier molecular flexibility index (Phi) is 5.39. The lowest BCUT2D eigenvalue weighted by molar-refractivity contribution is -0.118. The fourth-order valence-corrected chi connectivity index (χ4v) is 2.40. The lowest BCUT2D eigenvalue weighted by atomic mass is 9.77. The molecule has 1 aromatic carbocycles. The molecule has 0 aromatic heterocycles. The van der Waals surface area contributed by atoms with Crippen LogP contribution in [0.1, 0.15) is 50.5 Å². The summed E-state index contributed by atoms with van der Waals surface area (Å²) < 4.78 is 12.1. The number of carboxylic acids is 1. The highest BCUT2D eigenvalue weighted by Crippen LogP contribution is 2.38. The van der Waals surface area contributed by atoms with E-state index in [0.717, 1.165) is 5.47 Å². The second-order valence-corrected chi connectivity index (χ2v) is 7.15. The van der Waals surface area contributed by atoms with Crippen LogP contribution >= 0.6 is 0 Å². The van der Waals surface area contributed by atoms with Crippen molar-refractivity contribution in [2.24, 2.45) is 0 Å². The van der Waals surface area contributed by atoms with Gasteiger partial charge in [-0.1, -0.05) is 18.2 Å². The monoisotopic (exact) mass is 345 g/mol. The molecule has 1 aliphatic heterocycles. The fraction of sp³-hybridized carbons (Fsp3) is 0.444. The lowest BCUT2D eigenvalue weighted by Gasteiger charge is -2.32. The van der Waals surface area contributed by atoms with Crippen molar-refractivity contribution in [3.8, 4) is 0 Å². The van der Waals surface area contributed by atoms with Crippen molar-refractivity contribution in [1.82, 2.24) is 5.32 Å². The van der Waals surface area contributed by atoms with Crippen molar-refractivity contribution in [1.29, 1.82) is 0 Å². The Labute approximate surface area is 148 Å². The van der Waals surface area contributed by atoms with E-state index in [1.165, 1.54) is 13.0 Å². The summed E-state index contributed by atoms with van der Waals surface area (Å²) >= 11 is 0. The zero-order valence-corrected chi connectivity index (χ0v) is 15.3. The highest BCUT2D eigenvalue weighted by atomic mass is 16.7. The van der Waals surface area contributed by atoms with Gasteiger partial charge in [0.1, 0.15) is 0 Å². The number of benzene rings is 1. The predicted octanol–water partition coefficient (Wildman–Crippen LogP) is 2.54. The van der Waals surface area contributed by atoms with Crippen molar-refractivity contribution < 1.29 is 24.0 Å². The molecule has 1 heterocycles. The summed E-state index contributed by atoms with van der Waals surface area (Å²) in [5, 5.41) is 11.9. The Morgan fingerprint density at radius 1 is 1.20 bits per heavy atom. The van der Waals surface area contributed by atoms with Crippen LogP contribution in [-0.4, -0.2) is 41.8 Å². The second-order valence-electron chi connectivity index (χ2n) is 7.15. The Balaban J connectivity index is 2.35. The third kappa shape index (κ3) is 4.49. The fourth-order valence-electron chi connectivity index (χ4n) is 2.40. The van der Waals surface area contributed by atoms with Gasteiger partial charge in [-0.25, -0.2) is 4.79 Å². The highest BCUT2D eigenvalue weighted by molar-refractivity contribution is 6.56. The minimum atomic E-state index is -0.991. The molecule has 25 heavy (non-hydrogen) atoms. The van der Waals surface area contributed by atoms with Crippen molar-refractivity contribution in [2.75, 3.05) is 6.54 Å². The van der Waals surface area contributed by atoms with E-state index in [1.807, 2.05) is 27.7 Å². The van der Waals surface area contributed by atoms with Gasteiger partial charge in [0.25, 0.3) is 0 Å². The van der Waals surface area contributed by atoms with Gasteiger partial charge in [-0.2, -0.15) is 0 Å². The number of carbonyl (C=O) groups excluding carboxylic acids is 1. The van der Waals surface area contributed by atoms with Crippen LogP contribution in [0.4, 0.5) is 0 Å². The first-order chi connectivity index (χ1) is 11.5. The topological polar surface area (TPSA) is 84.9 Å². The number of hydrogen-bond donors (Lipinski definition) is 2. The van der Waals surface area contributed by atoms with Crippen molar-refractivity contribution >= 4 is 25.1 Å². The molecule has 0 atom stereocenters. The van der Waals surface area contributed by atoms with Crippen LogP contribution in [0, 0.1) is 0 Å². The molecule has 0 aliphatic carbocycles. The van der Waals surface area contributed by atoms with Crippen LogP contribution in [0.2, 0.25) is 0 Å². The minimum Gasteiger partial charge on any atom is -0.478 e. The van der Waals surface area contributed by atoms with E-state index in [9.17, 15) is 9.59 Å². The van der Waals surface area contributed by atoms with E-state index in [1.54, 1.807) is 24.3 Å². The summed E-state index contributed by atoms with van der Waals surface area (Å²) in [4.78, 5) is 22.5. The largest absolute Gasteiger partial charge is 0.492 e. The number of carboxylic acid groups (broad SMARTS) is 1. The first kappa shape index (κ1) is 19.2. The Bertz CT molecular complexity index is 695. The van der Waals surface area contributed by atoms with Crippen LogP contribution in [0.25, 0.3) is 6.08 Å². The molecule has 2 N–H and O–H groups in total. The van der Waals surface area contributed by atoms with Gasteiger partial charge >= 0.3 is 13.1 Å². The van der Waals surface area contributed by atoms with E-state index in [0.29, 0.717) is 5.56 Å². The standard InChI is InChI=1S/C18H24BNO5/c1-12(21)20-11-15(19-24-17(2,3)18(4,5)25-19)10-13-7-6-8-14(9-13)16(22)23/h6-10H,11H2,1-5H3,(H,20,21)(H,22,23). The van der Waals surface area contributed by atoms with Gasteiger partial charge in [0, 0.05) is 13.5 Å². The number of hydrogen-bond acceptors (Lipinski definition) is 4. The normalized spacial score (nSPS) is 18.9. The molecule has 7 heteroatoms. The number of carbonyl (C=O) groups is 2. The molecule has 6 nitrogen and oxygen atoms in total. The summed E-state index contributed by atoms with van der Waals surface area (Å²) in [7, 11) is -0.620. The molecule has 0 spiro atoms. The Morgan fingerprint density at radius 3 is 2.32 bits per heavy atom. The summed E-state index contributed by atoms with van der Waals surface area (Å²) in [6, 6.07) is 6.57. The lowest BCUT2D eigenvalue weighted by Crippen LogP contribution is -2.41. The summed E-state index contributed by atoms with van der Waals surface area (Å²) in [5.74, 6) is -1.16. The van der Waals surface area contributed by atoms with Crippen LogP contribution in [0.3, 0.4) is 0 Å². The van der Waals surface area contributed by atoms with Crippen LogP contribution in [-0.2, 0) is 14.1 Å². The molecule has 1 saturated heterocycles. The van der Waals surface area contributed by atoms with Gasteiger partial charge in [-0.05, 0) is 50.9 Å². The number of nitrogens with one attached hydrogen (secondary N) is 1. The maximum Gasteiger partial charge on any atom is 0.492 e. The maximum absolute atomic E-state index is 11.3. The average Bonchev–Trinajstić information content (AvgIpc) is 2.71. The Morgan fingerprint density at radius 2 is 1.80 bits per heavy atom. The van der Waals surface area contributed by atoms with Gasteiger partial charge in [-0.15, -0.1) is 0 Å². The molecule has 1 amide bonds. The molecule has 0 radical (unpaired) electrons. The molecule has 0 unspecified atom stereocenters. The Hall–Kier alpha value is -2.12. The summed E-state index contributed by atoms with van der Waals surface area (Å²) in [6.45, 7) is 9.50. The van der Waals surface area contributed by atoms with Crippen LogP contribution < -0.4 is 5.32 Å². The SMILES string of the molecule is CC(=O)NCC(=Cc1cccc(C(=O)O)c1)B1OC(C)(C)C(C)(C)O1. The van der Waals surface area contributed by atoms with Gasteiger partial charge in [0.05, 0.1) is 16.8 Å². The van der Waals surface area contributed by atoms with E-state index in [2.05, 4.69) is 5.32 Å². The van der Waals surface area contributed by atoms with Gasteiger partial charge in [-0.3, -0.25) is 4.79 Å². The third-order valence-corrected chi connectivity index (χ3v) is 4.58. The minimum absolute atomic E-state index is 0.165. The van der Waals surface area contributed by atoms with E-state index in [4.69, 9.17) is 14.4 Å². The highest BCUT2D eigenvalue weighted by Gasteiger charge is 2.52. The first-order valence-electron chi connectivity index (χ1n) is 8.16. The molecule has 0 bridgehead atoms. The van der Waals surface area contributed by atoms with Gasteiger partial charge < -0.3 is 19.7 Å². The third-order valence-electron chi connectivity index (χ3n) is 4.58. The number of rotatable bonds is 5. The maximum atomic E-state index is 11.3. The summed E-state index contributed by atoms with van der Waals surface area (Å²) in [5.41, 5.74) is 0.610. The zero-order chi connectivity index (χ0) is 18.8. The van der Waals surface area contributed by atoms with Crippen molar-refractivity contribution in [2.45, 2.75) is 45.8 Å². The molecule has 1 fully saturated rings. The zero-order valence-electron chi connectivity index (χ0n) is 15.3. The van der Waals surface area contributed by atoms with Crippen molar-refractivity contribution in [3.63, 3.8) is 0 Å². The molecule has 134 valence electrons. The smallest absolute Gasteiger partial charge is 0.478 e. The molecule has 1 aromatic rings. The molecule has 1 aliphatic rings. The predicted molar refractivity (Wildman–Crippen MR) is 96.1 cm³/mol. The molecule has 2 rings (SSSR count). The molecular formula is C18H24BNO5. The summed E-state index contributed by atoms with van der Waals surface area (Å²) in [6.07, 6.45) is 1.80. The van der Waals surface area contributed by atoms with Gasteiger partial charge in [0.2, 0.25) is 5.91 Å². The van der Waals surface area contributed by atoms with Gasteiger partial charge in [0.15, 0.2) is 0 Å². The quantitative estimate of drug-likeness (QED) is 0.801. The first-order valence-corrected chi connectivity index (χ1v) is 8.16. The van der Waals surface area contributed by atoms with E-state index in [-0.39, 0.29) is 18.0 Å². The average molecular weight is 345 g/mol. The number of amides is 1. The number of aromatic carboxylic acids is 1. The van der Waals surface area contributed by atoms with Crippen molar-refractivity contribution in [3.05, 3.63) is 40.9 Å². The van der Waals surface area contributed by atoms with Crippen LogP contribution in [0.5, 0.6) is 0 Å².